The monoisotopic (exact) mass is 230 g/mol. The summed E-state index contributed by atoms with van der Waals surface area (Å²) in [5.74, 6) is -0.970. The summed E-state index contributed by atoms with van der Waals surface area (Å²) in [6, 6.07) is 3.79. The molecule has 1 amide bonds. The molecule has 0 bridgehead atoms. The van der Waals surface area contributed by atoms with Crippen LogP contribution in [0.2, 0.25) is 5.02 Å². The van der Waals surface area contributed by atoms with Crippen LogP contribution in [0.5, 0.6) is 0 Å². The Morgan fingerprint density at radius 1 is 1.67 bits per heavy atom. The second-order valence-corrected chi connectivity index (χ2v) is 3.66. The third-order valence-electron chi connectivity index (χ3n) is 1.99. The molecule has 0 heterocycles. The van der Waals surface area contributed by atoms with Gasteiger partial charge in [0.1, 0.15) is 5.82 Å². The number of rotatable bonds is 3. The normalized spacial score (nSPS) is 12.3. The molecule has 0 saturated carbocycles. The number of anilines is 1. The minimum atomic E-state index is -0.440. The van der Waals surface area contributed by atoms with Gasteiger partial charge in [0, 0.05) is 12.5 Å². The number of nitrogens with one attached hydrogen (secondary N) is 1. The maximum absolute atomic E-state index is 12.7. The van der Waals surface area contributed by atoms with Crippen molar-refractivity contribution < 1.29 is 9.18 Å². The Hall–Kier alpha value is -1.13. The molecule has 1 aromatic rings. The number of nitrogens with two attached hydrogens (primary N) is 1. The third kappa shape index (κ3) is 3.18. The number of carbonyl (C=O) groups excluding carboxylic acids is 1. The van der Waals surface area contributed by atoms with Crippen molar-refractivity contribution in [3.05, 3.63) is 29.0 Å². The molecule has 0 aliphatic carbocycles. The van der Waals surface area contributed by atoms with Crippen molar-refractivity contribution in [1.82, 2.24) is 0 Å². The van der Waals surface area contributed by atoms with Gasteiger partial charge < -0.3 is 11.1 Å². The van der Waals surface area contributed by atoms with E-state index in [2.05, 4.69) is 5.32 Å². The molecule has 1 unspecified atom stereocenters. The topological polar surface area (TPSA) is 55.1 Å². The van der Waals surface area contributed by atoms with Gasteiger partial charge in [-0.05, 0) is 18.2 Å². The lowest BCUT2D eigenvalue weighted by Gasteiger charge is -2.10. The molecule has 0 radical (unpaired) electrons. The lowest BCUT2D eigenvalue weighted by atomic mass is 10.1. The van der Waals surface area contributed by atoms with Gasteiger partial charge in [0.05, 0.1) is 10.7 Å². The molecule has 0 aliphatic rings. The van der Waals surface area contributed by atoms with Crippen molar-refractivity contribution in [2.75, 3.05) is 11.9 Å². The number of halogens is 2. The Morgan fingerprint density at radius 3 is 2.87 bits per heavy atom. The first-order valence-electron chi connectivity index (χ1n) is 4.50. The fourth-order valence-corrected chi connectivity index (χ4v) is 1.17. The van der Waals surface area contributed by atoms with Crippen LogP contribution in [0.3, 0.4) is 0 Å². The van der Waals surface area contributed by atoms with E-state index in [1.54, 1.807) is 6.92 Å². The van der Waals surface area contributed by atoms with Gasteiger partial charge in [-0.25, -0.2) is 4.39 Å². The van der Waals surface area contributed by atoms with Gasteiger partial charge >= 0.3 is 0 Å². The molecular weight excluding hydrogens is 219 g/mol. The number of benzene rings is 1. The summed E-state index contributed by atoms with van der Waals surface area (Å²) in [5, 5.41) is 2.74. The molecule has 15 heavy (non-hydrogen) atoms. The highest BCUT2D eigenvalue weighted by Gasteiger charge is 2.12. The number of amides is 1. The minimum absolute atomic E-state index is 0.174. The van der Waals surface area contributed by atoms with Crippen LogP contribution in [-0.4, -0.2) is 12.5 Å². The summed E-state index contributed by atoms with van der Waals surface area (Å²) in [6.45, 7) is 1.96. The molecule has 3 N–H and O–H groups in total. The van der Waals surface area contributed by atoms with Crippen molar-refractivity contribution in [3.8, 4) is 0 Å². The molecule has 0 aliphatic heterocycles. The standard InChI is InChI=1S/C10H12ClFN2O/c1-6(5-13)10(15)14-9-3-2-7(12)4-8(9)11/h2-4,6H,5,13H2,1H3,(H,14,15). The maximum Gasteiger partial charge on any atom is 0.228 e. The van der Waals surface area contributed by atoms with Crippen molar-refractivity contribution in [1.29, 1.82) is 0 Å². The van der Waals surface area contributed by atoms with Gasteiger partial charge in [0.15, 0.2) is 0 Å². The molecule has 0 fully saturated rings. The Labute approximate surface area is 92.4 Å². The zero-order chi connectivity index (χ0) is 11.4. The number of carbonyl (C=O) groups is 1. The zero-order valence-corrected chi connectivity index (χ0v) is 9.01. The van der Waals surface area contributed by atoms with Crippen molar-refractivity contribution in [2.45, 2.75) is 6.92 Å². The van der Waals surface area contributed by atoms with Crippen molar-refractivity contribution in [2.24, 2.45) is 11.7 Å². The smallest absolute Gasteiger partial charge is 0.228 e. The van der Waals surface area contributed by atoms with Gasteiger partial charge in [0.25, 0.3) is 0 Å². The van der Waals surface area contributed by atoms with Crippen molar-refractivity contribution in [3.63, 3.8) is 0 Å². The van der Waals surface area contributed by atoms with Crippen LogP contribution in [0.1, 0.15) is 6.92 Å². The zero-order valence-electron chi connectivity index (χ0n) is 8.26. The molecule has 0 aromatic heterocycles. The maximum atomic E-state index is 12.7. The van der Waals surface area contributed by atoms with E-state index < -0.39 is 5.82 Å². The van der Waals surface area contributed by atoms with E-state index in [1.807, 2.05) is 0 Å². The van der Waals surface area contributed by atoms with Gasteiger partial charge in [0.2, 0.25) is 5.91 Å². The predicted molar refractivity (Wildman–Crippen MR) is 58.3 cm³/mol. The second-order valence-electron chi connectivity index (χ2n) is 3.25. The van der Waals surface area contributed by atoms with Crippen LogP contribution in [-0.2, 0) is 4.79 Å². The summed E-state index contributed by atoms with van der Waals surface area (Å²) < 4.78 is 12.7. The van der Waals surface area contributed by atoms with E-state index >= 15 is 0 Å². The first-order valence-corrected chi connectivity index (χ1v) is 4.88. The SMILES string of the molecule is CC(CN)C(=O)Nc1ccc(F)cc1Cl. The second kappa shape index (κ2) is 5.09. The third-order valence-corrected chi connectivity index (χ3v) is 2.30. The Kier molecular flexibility index (Phi) is 4.05. The highest BCUT2D eigenvalue weighted by molar-refractivity contribution is 6.33. The largest absolute Gasteiger partial charge is 0.330 e. The van der Waals surface area contributed by atoms with Crippen LogP contribution < -0.4 is 11.1 Å². The van der Waals surface area contributed by atoms with E-state index in [0.29, 0.717) is 5.69 Å². The summed E-state index contributed by atoms with van der Waals surface area (Å²) >= 11 is 5.74. The molecule has 1 aromatic carbocycles. The van der Waals surface area contributed by atoms with E-state index in [4.69, 9.17) is 17.3 Å². The van der Waals surface area contributed by atoms with E-state index in [9.17, 15) is 9.18 Å². The molecule has 0 saturated heterocycles. The van der Waals surface area contributed by atoms with Crippen LogP contribution in [0, 0.1) is 11.7 Å². The highest BCUT2D eigenvalue weighted by Crippen LogP contribution is 2.22. The quantitative estimate of drug-likeness (QED) is 0.835. The lowest BCUT2D eigenvalue weighted by Crippen LogP contribution is -2.26. The Morgan fingerprint density at radius 2 is 2.33 bits per heavy atom. The molecular formula is C10H12ClFN2O. The van der Waals surface area contributed by atoms with Gasteiger partial charge in [-0.3, -0.25) is 4.79 Å². The molecule has 1 atom stereocenters. The van der Waals surface area contributed by atoms with Gasteiger partial charge in [-0.2, -0.15) is 0 Å². The summed E-state index contributed by atoms with van der Waals surface area (Å²) in [7, 11) is 0. The van der Waals surface area contributed by atoms with Crippen LogP contribution in [0.15, 0.2) is 18.2 Å². The van der Waals surface area contributed by atoms with Crippen molar-refractivity contribution >= 4 is 23.2 Å². The molecule has 82 valence electrons. The number of hydrogen-bond donors (Lipinski definition) is 2. The Bertz CT molecular complexity index is 370. The first kappa shape index (κ1) is 11.9. The fourth-order valence-electron chi connectivity index (χ4n) is 0.954. The first-order chi connectivity index (χ1) is 7.04. The average Bonchev–Trinajstić information content (AvgIpc) is 2.20. The summed E-state index contributed by atoms with van der Waals surface area (Å²) in [5.41, 5.74) is 5.73. The average molecular weight is 231 g/mol. The van der Waals surface area contributed by atoms with Crippen LogP contribution in [0.25, 0.3) is 0 Å². The van der Waals surface area contributed by atoms with Crippen LogP contribution in [0.4, 0.5) is 10.1 Å². The fraction of sp³-hybridized carbons (Fsp3) is 0.300. The molecule has 3 nitrogen and oxygen atoms in total. The van der Waals surface area contributed by atoms with Gasteiger partial charge in [-0.15, -0.1) is 0 Å². The molecule has 0 spiro atoms. The molecule has 5 heteroatoms. The Balaban J connectivity index is 2.77. The van der Waals surface area contributed by atoms with E-state index in [0.717, 1.165) is 6.07 Å². The summed E-state index contributed by atoms with van der Waals surface area (Å²) in [6.07, 6.45) is 0. The van der Waals surface area contributed by atoms with Crippen LogP contribution >= 0.6 is 11.6 Å². The minimum Gasteiger partial charge on any atom is -0.330 e. The van der Waals surface area contributed by atoms with E-state index in [1.165, 1.54) is 12.1 Å². The van der Waals surface area contributed by atoms with E-state index in [-0.39, 0.29) is 23.4 Å². The summed E-state index contributed by atoms with van der Waals surface area (Å²) in [4.78, 5) is 11.4. The number of hydrogen-bond acceptors (Lipinski definition) is 2. The lowest BCUT2D eigenvalue weighted by molar-refractivity contribution is -0.119. The van der Waals surface area contributed by atoms with Gasteiger partial charge in [-0.1, -0.05) is 18.5 Å². The highest BCUT2D eigenvalue weighted by atomic mass is 35.5. The predicted octanol–water partition coefficient (Wildman–Crippen LogP) is 2.01. The molecule has 1 rings (SSSR count).